The third-order valence-corrected chi connectivity index (χ3v) is 3.41. The van der Waals surface area contributed by atoms with Gasteiger partial charge in [-0.3, -0.25) is 4.90 Å². The Morgan fingerprint density at radius 2 is 2.25 bits per heavy atom. The summed E-state index contributed by atoms with van der Waals surface area (Å²) in [4.78, 5) is 17.3. The molecule has 1 saturated heterocycles. The van der Waals surface area contributed by atoms with Gasteiger partial charge < -0.3 is 9.88 Å². The fourth-order valence-corrected chi connectivity index (χ4v) is 2.37. The van der Waals surface area contributed by atoms with Crippen molar-refractivity contribution in [2.45, 2.75) is 13.3 Å². The molecule has 6 heteroatoms. The van der Waals surface area contributed by atoms with Crippen LogP contribution in [0, 0.1) is 12.7 Å². The normalized spacial score (nSPS) is 15.3. The monoisotopic (exact) mass is 274 g/mol. The molecule has 1 N–H and O–H groups in total. The summed E-state index contributed by atoms with van der Waals surface area (Å²) in [5.41, 5.74) is 1.00. The molecule has 1 aromatic heterocycles. The number of imidazole rings is 1. The molecule has 5 nitrogen and oxygen atoms in total. The molecule has 0 bridgehead atoms. The zero-order valence-corrected chi connectivity index (χ0v) is 11.1. The predicted octanol–water partition coefficient (Wildman–Crippen LogP) is 2.24. The van der Waals surface area contributed by atoms with Crippen molar-refractivity contribution in [1.29, 1.82) is 0 Å². The second-order valence-corrected chi connectivity index (χ2v) is 4.72. The fraction of sp³-hybridized carbons (Fsp3) is 0.286. The van der Waals surface area contributed by atoms with Crippen LogP contribution in [0.4, 0.5) is 14.9 Å². The molecular weight excluding hydrogens is 259 g/mol. The standard InChI is InChI=1S/C14H15FN4O/c1-10-16-6-8-18(10)11-3-4-13(12(15)9-11)19-7-2-5-17-14(19)20/h3-4,6,8-9H,2,5,7H2,1H3,(H,17,20). The molecule has 0 atom stereocenters. The quantitative estimate of drug-likeness (QED) is 0.913. The van der Waals surface area contributed by atoms with Gasteiger partial charge in [0.05, 0.1) is 5.69 Å². The number of amides is 2. The van der Waals surface area contributed by atoms with Crippen LogP contribution in [0.2, 0.25) is 0 Å². The van der Waals surface area contributed by atoms with Crippen LogP contribution < -0.4 is 10.2 Å². The summed E-state index contributed by atoms with van der Waals surface area (Å²) < 4.78 is 16.1. The van der Waals surface area contributed by atoms with E-state index in [9.17, 15) is 9.18 Å². The Morgan fingerprint density at radius 1 is 1.40 bits per heavy atom. The fourth-order valence-electron chi connectivity index (χ4n) is 2.37. The lowest BCUT2D eigenvalue weighted by molar-refractivity contribution is 0.242. The Balaban J connectivity index is 1.95. The van der Waals surface area contributed by atoms with Crippen molar-refractivity contribution in [3.8, 4) is 5.69 Å². The summed E-state index contributed by atoms with van der Waals surface area (Å²) >= 11 is 0. The van der Waals surface area contributed by atoms with E-state index in [1.54, 1.807) is 29.1 Å². The first-order valence-corrected chi connectivity index (χ1v) is 6.52. The van der Waals surface area contributed by atoms with Gasteiger partial charge >= 0.3 is 6.03 Å². The number of carbonyl (C=O) groups excluding carboxylic acids is 1. The Kier molecular flexibility index (Phi) is 3.14. The van der Waals surface area contributed by atoms with Gasteiger partial charge in [0, 0.05) is 37.2 Å². The Hall–Kier alpha value is -2.37. The lowest BCUT2D eigenvalue weighted by atomic mass is 10.2. The predicted molar refractivity (Wildman–Crippen MR) is 73.6 cm³/mol. The lowest BCUT2D eigenvalue weighted by Crippen LogP contribution is -2.46. The molecule has 1 fully saturated rings. The van der Waals surface area contributed by atoms with E-state index in [2.05, 4.69) is 10.3 Å². The number of anilines is 1. The van der Waals surface area contributed by atoms with Gasteiger partial charge in [-0.25, -0.2) is 14.2 Å². The van der Waals surface area contributed by atoms with E-state index in [4.69, 9.17) is 0 Å². The maximum absolute atomic E-state index is 14.3. The minimum absolute atomic E-state index is 0.248. The largest absolute Gasteiger partial charge is 0.338 e. The molecule has 104 valence electrons. The van der Waals surface area contributed by atoms with Gasteiger partial charge in [-0.15, -0.1) is 0 Å². The number of nitrogens with one attached hydrogen (secondary N) is 1. The molecule has 1 aliphatic heterocycles. The van der Waals surface area contributed by atoms with E-state index >= 15 is 0 Å². The highest BCUT2D eigenvalue weighted by Gasteiger charge is 2.22. The zero-order chi connectivity index (χ0) is 14.1. The molecule has 1 aliphatic rings. The molecule has 1 aromatic carbocycles. The summed E-state index contributed by atoms with van der Waals surface area (Å²) in [6, 6.07) is 4.59. The zero-order valence-electron chi connectivity index (χ0n) is 11.1. The van der Waals surface area contributed by atoms with E-state index < -0.39 is 5.82 Å². The molecule has 0 aliphatic carbocycles. The Morgan fingerprint density at radius 3 is 2.90 bits per heavy atom. The number of rotatable bonds is 2. The number of urea groups is 1. The summed E-state index contributed by atoms with van der Waals surface area (Å²) in [6.45, 7) is 3.03. The summed E-state index contributed by atoms with van der Waals surface area (Å²) in [5, 5.41) is 2.71. The second kappa shape index (κ2) is 4.96. The van der Waals surface area contributed by atoms with Crippen LogP contribution in [0.15, 0.2) is 30.6 Å². The minimum atomic E-state index is -0.410. The molecule has 0 spiro atoms. The van der Waals surface area contributed by atoms with E-state index in [0.717, 1.165) is 12.2 Å². The molecule has 0 unspecified atom stereocenters. The molecule has 3 rings (SSSR count). The van der Waals surface area contributed by atoms with E-state index in [1.165, 1.54) is 11.0 Å². The van der Waals surface area contributed by atoms with E-state index in [0.29, 0.717) is 24.5 Å². The summed E-state index contributed by atoms with van der Waals surface area (Å²) in [7, 11) is 0. The van der Waals surface area contributed by atoms with Crippen LogP contribution in [0.1, 0.15) is 12.2 Å². The molecule has 2 aromatic rings. The number of hydrogen-bond donors (Lipinski definition) is 1. The van der Waals surface area contributed by atoms with Gasteiger partial charge in [-0.2, -0.15) is 0 Å². The molecule has 2 amide bonds. The molecular formula is C14H15FN4O. The van der Waals surface area contributed by atoms with Crippen LogP contribution in [-0.2, 0) is 0 Å². The van der Waals surface area contributed by atoms with Crippen molar-refractivity contribution in [1.82, 2.24) is 14.9 Å². The number of aryl methyl sites for hydroxylation is 1. The second-order valence-electron chi connectivity index (χ2n) is 4.72. The smallest absolute Gasteiger partial charge is 0.321 e. The third-order valence-electron chi connectivity index (χ3n) is 3.41. The molecule has 0 radical (unpaired) electrons. The SMILES string of the molecule is Cc1nccn1-c1ccc(N2CCCNC2=O)c(F)c1. The van der Waals surface area contributed by atoms with Gasteiger partial charge in [0.1, 0.15) is 11.6 Å². The summed E-state index contributed by atoms with van der Waals surface area (Å²) in [5.74, 6) is 0.375. The van der Waals surface area contributed by atoms with Gasteiger partial charge in [-0.1, -0.05) is 0 Å². The first-order chi connectivity index (χ1) is 9.66. The van der Waals surface area contributed by atoms with Crippen LogP contribution in [0.25, 0.3) is 5.69 Å². The maximum atomic E-state index is 14.3. The van der Waals surface area contributed by atoms with Gasteiger partial charge in [0.15, 0.2) is 0 Å². The number of hydrogen-bond acceptors (Lipinski definition) is 2. The van der Waals surface area contributed by atoms with Crippen LogP contribution in [-0.4, -0.2) is 28.7 Å². The Labute approximate surface area is 116 Å². The summed E-state index contributed by atoms with van der Waals surface area (Å²) in [6.07, 6.45) is 4.25. The van der Waals surface area contributed by atoms with Crippen LogP contribution in [0.3, 0.4) is 0 Å². The van der Waals surface area contributed by atoms with Crippen molar-refractivity contribution < 1.29 is 9.18 Å². The van der Waals surface area contributed by atoms with Crippen molar-refractivity contribution in [3.05, 3.63) is 42.2 Å². The average molecular weight is 274 g/mol. The average Bonchev–Trinajstić information content (AvgIpc) is 2.86. The van der Waals surface area contributed by atoms with Crippen molar-refractivity contribution in [2.75, 3.05) is 18.0 Å². The van der Waals surface area contributed by atoms with Gasteiger partial charge in [0.2, 0.25) is 0 Å². The van der Waals surface area contributed by atoms with Gasteiger partial charge in [0.25, 0.3) is 0 Å². The number of halogens is 1. The van der Waals surface area contributed by atoms with Gasteiger partial charge in [-0.05, 0) is 25.5 Å². The third kappa shape index (κ3) is 2.13. The van der Waals surface area contributed by atoms with Crippen molar-refractivity contribution in [3.63, 3.8) is 0 Å². The van der Waals surface area contributed by atoms with Crippen molar-refractivity contribution >= 4 is 11.7 Å². The highest BCUT2D eigenvalue weighted by atomic mass is 19.1. The molecule has 2 heterocycles. The van der Waals surface area contributed by atoms with E-state index in [1.807, 2.05) is 6.92 Å². The molecule has 0 saturated carbocycles. The van der Waals surface area contributed by atoms with Crippen LogP contribution >= 0.6 is 0 Å². The first-order valence-electron chi connectivity index (χ1n) is 6.52. The van der Waals surface area contributed by atoms with E-state index in [-0.39, 0.29) is 6.03 Å². The topological polar surface area (TPSA) is 50.2 Å². The number of nitrogens with zero attached hydrogens (tertiary/aromatic N) is 3. The first kappa shape index (κ1) is 12.7. The number of aromatic nitrogens is 2. The minimum Gasteiger partial charge on any atom is -0.338 e. The highest BCUT2D eigenvalue weighted by molar-refractivity contribution is 5.92. The Bertz CT molecular complexity index is 652. The number of benzene rings is 1. The number of carbonyl (C=O) groups is 1. The van der Waals surface area contributed by atoms with Crippen molar-refractivity contribution in [2.24, 2.45) is 0 Å². The lowest BCUT2D eigenvalue weighted by Gasteiger charge is -2.27. The highest BCUT2D eigenvalue weighted by Crippen LogP contribution is 2.24. The van der Waals surface area contributed by atoms with Crippen LogP contribution in [0.5, 0.6) is 0 Å². The molecule has 20 heavy (non-hydrogen) atoms. The maximum Gasteiger partial charge on any atom is 0.321 e.